The third-order valence-electron chi connectivity index (χ3n) is 6.15. The van der Waals surface area contributed by atoms with Crippen molar-refractivity contribution in [2.45, 2.75) is 23.1 Å². The number of oxime groups is 1. The van der Waals surface area contributed by atoms with Crippen LogP contribution in [0.1, 0.15) is 11.4 Å². The molecule has 18 nitrogen and oxygen atoms in total. The van der Waals surface area contributed by atoms with Crippen molar-refractivity contribution in [1.82, 2.24) is 40.1 Å². The number of hydrogen-bond acceptors (Lipinski definition) is 17. The first kappa shape index (κ1) is 33.3. The number of aromatic nitrogens is 6. The van der Waals surface area contributed by atoms with Crippen molar-refractivity contribution >= 4 is 63.5 Å². The summed E-state index contributed by atoms with van der Waals surface area (Å²) in [5, 5.41) is 40.9. The Morgan fingerprint density at radius 2 is 2.11 bits per heavy atom. The van der Waals surface area contributed by atoms with Crippen LogP contribution in [0.5, 0.6) is 5.75 Å². The largest absolute Gasteiger partial charge is 1.00 e. The summed E-state index contributed by atoms with van der Waals surface area (Å²) in [4.78, 5) is 65.1. The number of carbonyl (C=O) groups excluding carboxylic acids is 3. The van der Waals surface area contributed by atoms with Crippen molar-refractivity contribution in [3.8, 4) is 5.75 Å². The fourth-order valence-electron chi connectivity index (χ4n) is 4.22. The molecule has 44 heavy (non-hydrogen) atoms. The van der Waals surface area contributed by atoms with E-state index in [1.807, 2.05) is 0 Å². The van der Waals surface area contributed by atoms with E-state index < -0.39 is 40.4 Å². The molecule has 0 saturated carbocycles. The Hall–Kier alpha value is -3.63. The van der Waals surface area contributed by atoms with Gasteiger partial charge in [0.1, 0.15) is 31.3 Å². The fourth-order valence-corrected chi connectivity index (χ4v) is 7.13. The average molecular weight is 673 g/mol. The van der Waals surface area contributed by atoms with E-state index in [0.29, 0.717) is 11.3 Å². The molecule has 0 spiro atoms. The van der Waals surface area contributed by atoms with Crippen molar-refractivity contribution < 1.29 is 63.8 Å². The number of nitrogen functional groups attached to an aromatic ring is 1. The van der Waals surface area contributed by atoms with Gasteiger partial charge < -0.3 is 35.7 Å². The number of nitrogens with zero attached hydrogens (tertiary/aromatic N) is 8. The molecule has 4 N–H and O–H groups in total. The zero-order valence-corrected chi connectivity index (χ0v) is 27.6. The Labute approximate surface area is 281 Å². The van der Waals surface area contributed by atoms with Crippen LogP contribution >= 0.6 is 34.9 Å². The number of amides is 2. The van der Waals surface area contributed by atoms with Gasteiger partial charge in [-0.1, -0.05) is 16.9 Å². The number of tetrazole rings is 1. The number of rotatable bonds is 11. The van der Waals surface area contributed by atoms with E-state index in [9.17, 15) is 29.4 Å². The molecule has 22 heteroatoms. The van der Waals surface area contributed by atoms with Crippen molar-refractivity contribution in [3.63, 3.8) is 0 Å². The van der Waals surface area contributed by atoms with Gasteiger partial charge in [-0.05, 0) is 16.0 Å². The Balaban J connectivity index is 0.00000442. The maximum atomic E-state index is 13.1. The summed E-state index contributed by atoms with van der Waals surface area (Å²) >= 11 is 3.46. The first-order valence-electron chi connectivity index (χ1n) is 12.0. The SMILES string of the molecule is CO/N=C(\C(=O)N[C@@H]1C(=O)N2C(C(=O)[O-])=C(CSc3nnnn3Cc3cc(=O)c(O)cn3OC)CS[C@@H]12)c1csc(N)n1.[Na+]. The molecule has 0 unspecified atom stereocenters. The number of carboxylic acids is 1. The van der Waals surface area contributed by atoms with Gasteiger partial charge in [-0.3, -0.25) is 19.3 Å². The second-order valence-corrected chi connectivity index (χ2v) is 11.7. The minimum Gasteiger partial charge on any atom is -0.543 e. The van der Waals surface area contributed by atoms with Crippen molar-refractivity contribution in [3.05, 3.63) is 50.5 Å². The van der Waals surface area contributed by atoms with E-state index in [2.05, 4.69) is 31.0 Å². The molecule has 0 aromatic carbocycles. The van der Waals surface area contributed by atoms with E-state index in [1.165, 1.54) is 46.8 Å². The fraction of sp³-hybridized carbons (Fsp3) is 0.318. The number of carbonyl (C=O) groups is 3. The van der Waals surface area contributed by atoms with Crippen LogP contribution in [-0.4, -0.2) is 101 Å². The summed E-state index contributed by atoms with van der Waals surface area (Å²) in [5.41, 5.74) is 5.42. The normalized spacial score (nSPS) is 17.8. The van der Waals surface area contributed by atoms with E-state index in [-0.39, 0.29) is 75.0 Å². The number of nitrogens with one attached hydrogen (secondary N) is 1. The van der Waals surface area contributed by atoms with Gasteiger partial charge in [0.15, 0.2) is 16.6 Å². The summed E-state index contributed by atoms with van der Waals surface area (Å²) in [7, 11) is 2.59. The quantitative estimate of drug-likeness (QED) is 0.0565. The van der Waals surface area contributed by atoms with Crippen LogP contribution < -0.4 is 56.0 Å². The molecule has 3 aromatic rings. The molecule has 5 heterocycles. The number of anilines is 1. The van der Waals surface area contributed by atoms with Gasteiger partial charge in [0, 0.05) is 23.0 Å². The standard InChI is InChI=1S/C22H22N10O8S3.Na/c1-39-27-14(11-8-42-21(23)24-11)17(35)25-15-18(36)32-16(20(37)38)9(6-41-19(15)32)7-43-22-26-28-29-30(22)4-10-3-12(33)13(34)5-31(10)40-2;/h3,5,8,15,19,34H,4,6-7H2,1-2H3,(H2,23,24)(H,25,35)(H,37,38);/q;+1/p-1/b27-14-;/t15-,19+;/m1./s1. The Morgan fingerprint density at radius 3 is 2.77 bits per heavy atom. The van der Waals surface area contributed by atoms with Crippen molar-refractivity contribution in [1.29, 1.82) is 0 Å². The monoisotopic (exact) mass is 672 g/mol. The number of thioether (sulfide) groups is 2. The van der Waals surface area contributed by atoms with Crippen LogP contribution in [0.15, 0.2) is 44.0 Å². The second-order valence-electron chi connectivity index (χ2n) is 8.72. The Morgan fingerprint density at radius 1 is 1.34 bits per heavy atom. The average Bonchev–Trinajstić information content (AvgIpc) is 3.62. The molecule has 226 valence electrons. The zero-order chi connectivity index (χ0) is 30.8. The van der Waals surface area contributed by atoms with Crippen molar-refractivity contribution in [2.24, 2.45) is 5.16 Å². The Kier molecular flexibility index (Phi) is 10.6. The third-order valence-corrected chi connectivity index (χ3v) is 9.20. The smallest absolute Gasteiger partial charge is 0.543 e. The first-order valence-corrected chi connectivity index (χ1v) is 14.9. The Bertz CT molecular complexity index is 1720. The molecule has 3 aromatic heterocycles. The number of hydrogen-bond donors (Lipinski definition) is 3. The number of aromatic hydroxyl groups is 1. The van der Waals surface area contributed by atoms with Crippen LogP contribution in [0, 0.1) is 0 Å². The van der Waals surface area contributed by atoms with Crippen molar-refractivity contribution in [2.75, 3.05) is 31.5 Å². The number of β-lactam (4-membered cyclic amide) rings is 1. The summed E-state index contributed by atoms with van der Waals surface area (Å²) < 4.78 is 2.54. The predicted octanol–water partition coefficient (Wildman–Crippen LogP) is -5.76. The summed E-state index contributed by atoms with van der Waals surface area (Å²) in [6, 6.07) is 0.139. The maximum absolute atomic E-state index is 13.1. The molecule has 0 bridgehead atoms. The van der Waals surface area contributed by atoms with Gasteiger partial charge in [0.2, 0.25) is 10.6 Å². The number of thiazole rings is 1. The number of pyridine rings is 1. The van der Waals surface area contributed by atoms with Crippen LogP contribution in [0.25, 0.3) is 0 Å². The summed E-state index contributed by atoms with van der Waals surface area (Å²) in [6.07, 6.45) is 1.11. The zero-order valence-electron chi connectivity index (χ0n) is 23.2. The molecule has 1 fully saturated rings. The number of nitrogens with two attached hydrogens (primary N) is 1. The van der Waals surface area contributed by atoms with E-state index in [0.717, 1.165) is 34.2 Å². The molecule has 5 rings (SSSR count). The second kappa shape index (κ2) is 14.0. The molecular weight excluding hydrogens is 651 g/mol. The third kappa shape index (κ3) is 6.56. The van der Waals surface area contributed by atoms with Gasteiger partial charge in [0.05, 0.1) is 30.1 Å². The molecule has 0 aliphatic carbocycles. The van der Waals surface area contributed by atoms with Gasteiger partial charge in [0.25, 0.3) is 11.8 Å². The van der Waals surface area contributed by atoms with Gasteiger partial charge >= 0.3 is 29.6 Å². The van der Waals surface area contributed by atoms with Crippen LogP contribution in [0.2, 0.25) is 0 Å². The molecule has 0 radical (unpaired) electrons. The molecule has 2 atom stereocenters. The van der Waals surface area contributed by atoms with Gasteiger partial charge in [-0.15, -0.1) is 28.2 Å². The summed E-state index contributed by atoms with van der Waals surface area (Å²) in [5.74, 6) is -3.13. The minimum absolute atomic E-state index is 0. The van der Waals surface area contributed by atoms with E-state index in [4.69, 9.17) is 15.4 Å². The van der Waals surface area contributed by atoms with Crippen LogP contribution in [0.4, 0.5) is 5.13 Å². The van der Waals surface area contributed by atoms with Crippen LogP contribution in [-0.2, 0) is 25.8 Å². The van der Waals surface area contributed by atoms with Gasteiger partial charge in [-0.2, -0.15) is 4.73 Å². The minimum atomic E-state index is -1.55. The molecule has 2 aliphatic rings. The number of aliphatic carboxylic acids is 1. The summed E-state index contributed by atoms with van der Waals surface area (Å²) in [6.45, 7) is -0.00421. The maximum Gasteiger partial charge on any atom is 1.00 e. The molecule has 1 saturated heterocycles. The number of carboxylic acid groups (broad SMARTS) is 1. The van der Waals surface area contributed by atoms with Crippen LogP contribution in [0.3, 0.4) is 0 Å². The molecule has 2 aliphatic heterocycles. The van der Waals surface area contributed by atoms with E-state index >= 15 is 0 Å². The van der Waals surface area contributed by atoms with E-state index in [1.54, 1.807) is 0 Å². The number of fused-ring (bicyclic) bond motifs is 1. The predicted molar refractivity (Wildman–Crippen MR) is 150 cm³/mol. The first-order chi connectivity index (χ1) is 20.6. The topological polar surface area (TPSA) is 245 Å². The molecule has 2 amide bonds. The van der Waals surface area contributed by atoms with Gasteiger partial charge in [-0.25, -0.2) is 9.67 Å². The molecular formula is C22H21N10NaO8S3.